The number of hydrogen-bond acceptors (Lipinski definition) is 5. The SMILES string of the molecule is CC(C)(C)c1noc(CCCC(=O)Nc2cccc(OC(F)(F)F)c2)n1. The first-order valence-electron chi connectivity index (χ1n) is 8.02. The fourth-order valence-electron chi connectivity index (χ4n) is 2.06. The van der Waals surface area contributed by atoms with Crippen LogP contribution in [0.2, 0.25) is 0 Å². The second-order valence-electron chi connectivity index (χ2n) is 6.74. The first-order chi connectivity index (χ1) is 12.0. The molecule has 0 fully saturated rings. The van der Waals surface area contributed by atoms with Crippen LogP contribution in [0.15, 0.2) is 28.8 Å². The number of amides is 1. The molecule has 1 amide bonds. The number of alkyl halides is 3. The smallest absolute Gasteiger partial charge is 0.406 e. The number of carbonyl (C=O) groups is 1. The average molecular weight is 371 g/mol. The number of carbonyl (C=O) groups excluding carboxylic acids is 1. The van der Waals surface area contributed by atoms with Gasteiger partial charge in [-0.3, -0.25) is 4.79 Å². The lowest BCUT2D eigenvalue weighted by atomic mass is 9.96. The zero-order valence-corrected chi connectivity index (χ0v) is 14.7. The topological polar surface area (TPSA) is 77.2 Å². The Morgan fingerprint density at radius 3 is 2.62 bits per heavy atom. The number of aryl methyl sites for hydroxylation is 1. The quantitative estimate of drug-likeness (QED) is 0.822. The van der Waals surface area contributed by atoms with E-state index in [-0.39, 0.29) is 23.4 Å². The third kappa shape index (κ3) is 6.38. The average Bonchev–Trinajstić information content (AvgIpc) is 2.94. The van der Waals surface area contributed by atoms with Crippen LogP contribution >= 0.6 is 0 Å². The van der Waals surface area contributed by atoms with E-state index in [9.17, 15) is 18.0 Å². The van der Waals surface area contributed by atoms with Crippen molar-refractivity contribution in [2.24, 2.45) is 0 Å². The second kappa shape index (κ2) is 7.76. The first-order valence-corrected chi connectivity index (χ1v) is 8.02. The van der Waals surface area contributed by atoms with Gasteiger partial charge in [0.2, 0.25) is 11.8 Å². The van der Waals surface area contributed by atoms with Crippen LogP contribution in [0.5, 0.6) is 5.75 Å². The molecule has 26 heavy (non-hydrogen) atoms. The number of aromatic nitrogens is 2. The number of anilines is 1. The number of benzene rings is 1. The predicted molar refractivity (Wildman–Crippen MR) is 87.7 cm³/mol. The van der Waals surface area contributed by atoms with Gasteiger partial charge in [0.05, 0.1) is 0 Å². The van der Waals surface area contributed by atoms with Crippen molar-refractivity contribution < 1.29 is 27.2 Å². The molecule has 0 atom stereocenters. The molecule has 0 aliphatic carbocycles. The summed E-state index contributed by atoms with van der Waals surface area (Å²) in [5.41, 5.74) is 0.00683. The highest BCUT2D eigenvalue weighted by Crippen LogP contribution is 2.25. The Balaban J connectivity index is 1.82. The molecule has 0 bridgehead atoms. The van der Waals surface area contributed by atoms with Gasteiger partial charge in [-0.1, -0.05) is 32.0 Å². The molecule has 2 aromatic rings. The molecule has 0 unspecified atom stereocenters. The molecule has 0 radical (unpaired) electrons. The molecule has 0 spiro atoms. The normalized spacial score (nSPS) is 12.1. The highest BCUT2D eigenvalue weighted by Gasteiger charge is 2.31. The van der Waals surface area contributed by atoms with Crippen molar-refractivity contribution in [3.05, 3.63) is 36.0 Å². The molecule has 2 rings (SSSR count). The molecule has 9 heteroatoms. The summed E-state index contributed by atoms with van der Waals surface area (Å²) in [6, 6.07) is 5.11. The molecule has 6 nitrogen and oxygen atoms in total. The summed E-state index contributed by atoms with van der Waals surface area (Å²) in [7, 11) is 0. The number of halogens is 3. The van der Waals surface area contributed by atoms with Crippen LogP contribution in [0.3, 0.4) is 0 Å². The minimum atomic E-state index is -4.78. The summed E-state index contributed by atoms with van der Waals surface area (Å²) in [5.74, 6) is 0.322. The molecule has 0 aliphatic rings. The Morgan fingerprint density at radius 2 is 2.00 bits per heavy atom. The highest BCUT2D eigenvalue weighted by atomic mass is 19.4. The zero-order chi connectivity index (χ0) is 19.4. The van der Waals surface area contributed by atoms with E-state index in [0.29, 0.717) is 24.6 Å². The number of nitrogens with one attached hydrogen (secondary N) is 1. The minimum absolute atomic E-state index is 0.164. The van der Waals surface area contributed by atoms with Crippen molar-refractivity contribution in [1.82, 2.24) is 10.1 Å². The molecule has 1 heterocycles. The first kappa shape index (κ1) is 19.7. The van der Waals surface area contributed by atoms with Gasteiger partial charge in [-0.2, -0.15) is 4.98 Å². The summed E-state index contributed by atoms with van der Waals surface area (Å²) in [6.07, 6.45) is -3.71. The van der Waals surface area contributed by atoms with Gasteiger partial charge in [0.15, 0.2) is 5.82 Å². The lowest BCUT2D eigenvalue weighted by Crippen LogP contribution is -2.17. The third-order valence-electron chi connectivity index (χ3n) is 3.28. The van der Waals surface area contributed by atoms with Gasteiger partial charge in [-0.05, 0) is 18.6 Å². The molecule has 0 aliphatic heterocycles. The van der Waals surface area contributed by atoms with E-state index in [2.05, 4.69) is 20.2 Å². The van der Waals surface area contributed by atoms with Gasteiger partial charge in [-0.25, -0.2) is 0 Å². The van der Waals surface area contributed by atoms with Crippen LogP contribution in [0.1, 0.15) is 45.3 Å². The van der Waals surface area contributed by atoms with Crippen LogP contribution in [0.25, 0.3) is 0 Å². The molecule has 1 N–H and O–H groups in total. The molecule has 142 valence electrons. The van der Waals surface area contributed by atoms with Crippen LogP contribution in [0.4, 0.5) is 18.9 Å². The van der Waals surface area contributed by atoms with Crippen molar-refractivity contribution in [1.29, 1.82) is 0 Å². The standard InChI is InChI=1S/C17H20F3N3O3/c1-16(2,3)15-22-14(26-23-15)9-5-8-13(24)21-11-6-4-7-12(10-11)25-17(18,19)20/h4,6-7,10H,5,8-9H2,1-3H3,(H,21,24). The van der Waals surface area contributed by atoms with Gasteiger partial charge in [0, 0.05) is 30.0 Å². The van der Waals surface area contributed by atoms with E-state index in [1.165, 1.54) is 12.1 Å². The van der Waals surface area contributed by atoms with Crippen molar-refractivity contribution in [2.75, 3.05) is 5.32 Å². The summed E-state index contributed by atoms with van der Waals surface area (Å²) in [5, 5.41) is 6.43. The van der Waals surface area contributed by atoms with Gasteiger partial charge in [0.25, 0.3) is 0 Å². The fraction of sp³-hybridized carbons (Fsp3) is 0.471. The van der Waals surface area contributed by atoms with Crippen molar-refractivity contribution >= 4 is 11.6 Å². The number of ether oxygens (including phenoxy) is 1. The van der Waals surface area contributed by atoms with Gasteiger partial charge in [0.1, 0.15) is 5.75 Å². The largest absolute Gasteiger partial charge is 0.573 e. The fourth-order valence-corrected chi connectivity index (χ4v) is 2.06. The van der Waals surface area contributed by atoms with Gasteiger partial charge < -0.3 is 14.6 Å². The number of rotatable bonds is 6. The monoisotopic (exact) mass is 371 g/mol. The molecule has 0 saturated carbocycles. The maximum absolute atomic E-state index is 12.2. The number of nitrogens with zero attached hydrogens (tertiary/aromatic N) is 2. The van der Waals surface area contributed by atoms with E-state index < -0.39 is 12.1 Å². The zero-order valence-electron chi connectivity index (χ0n) is 14.7. The summed E-state index contributed by atoms with van der Waals surface area (Å²) in [6.45, 7) is 5.89. The molecule has 0 saturated heterocycles. The van der Waals surface area contributed by atoms with Crippen LogP contribution in [0, 0.1) is 0 Å². The predicted octanol–water partition coefficient (Wildman–Crippen LogP) is 4.23. The third-order valence-corrected chi connectivity index (χ3v) is 3.28. The van der Waals surface area contributed by atoms with Crippen molar-refractivity contribution in [3.63, 3.8) is 0 Å². The Kier molecular flexibility index (Phi) is 5.89. The van der Waals surface area contributed by atoms with E-state index >= 15 is 0 Å². The Bertz CT molecular complexity index is 751. The lowest BCUT2D eigenvalue weighted by Gasteiger charge is -2.11. The Labute approximate surface area is 148 Å². The van der Waals surface area contributed by atoms with Crippen molar-refractivity contribution in [2.45, 2.75) is 51.8 Å². The van der Waals surface area contributed by atoms with Crippen molar-refractivity contribution in [3.8, 4) is 5.75 Å². The molecule has 1 aromatic heterocycles. The molecule has 1 aromatic carbocycles. The summed E-state index contributed by atoms with van der Waals surface area (Å²) < 4.78 is 45.6. The van der Waals surface area contributed by atoms with Gasteiger partial charge in [-0.15, -0.1) is 13.2 Å². The van der Waals surface area contributed by atoms with E-state index in [0.717, 1.165) is 12.1 Å². The van der Waals surface area contributed by atoms with E-state index in [1.807, 2.05) is 20.8 Å². The Morgan fingerprint density at radius 1 is 1.27 bits per heavy atom. The molecular formula is C17H20F3N3O3. The van der Waals surface area contributed by atoms with Gasteiger partial charge >= 0.3 is 6.36 Å². The number of hydrogen-bond donors (Lipinski definition) is 1. The van der Waals surface area contributed by atoms with E-state index in [4.69, 9.17) is 4.52 Å². The molecular weight excluding hydrogens is 351 g/mol. The summed E-state index contributed by atoms with van der Waals surface area (Å²) >= 11 is 0. The maximum atomic E-state index is 12.2. The maximum Gasteiger partial charge on any atom is 0.573 e. The van der Waals surface area contributed by atoms with Crippen LogP contribution in [-0.4, -0.2) is 22.4 Å². The lowest BCUT2D eigenvalue weighted by molar-refractivity contribution is -0.274. The Hall–Kier alpha value is -2.58. The van der Waals surface area contributed by atoms with Crippen LogP contribution in [-0.2, 0) is 16.6 Å². The van der Waals surface area contributed by atoms with E-state index in [1.54, 1.807) is 0 Å². The summed E-state index contributed by atoms with van der Waals surface area (Å²) in [4.78, 5) is 16.2. The highest BCUT2D eigenvalue weighted by molar-refractivity contribution is 5.90. The minimum Gasteiger partial charge on any atom is -0.406 e. The second-order valence-corrected chi connectivity index (χ2v) is 6.74. The van der Waals surface area contributed by atoms with Crippen LogP contribution < -0.4 is 10.1 Å².